The van der Waals surface area contributed by atoms with Crippen LogP contribution in [0.3, 0.4) is 0 Å². The number of nitrogens with zero attached hydrogens (tertiary/aromatic N) is 2. The van der Waals surface area contributed by atoms with Gasteiger partial charge in [-0.05, 0) is 29.3 Å². The molecule has 21 heavy (non-hydrogen) atoms. The van der Waals surface area contributed by atoms with Crippen molar-refractivity contribution in [1.29, 1.82) is 0 Å². The molecule has 0 spiro atoms. The molecule has 2 aromatic carbocycles. The Bertz CT molecular complexity index is 647. The number of rotatable bonds is 5. The zero-order valence-corrected chi connectivity index (χ0v) is 13.8. The van der Waals surface area contributed by atoms with Crippen LogP contribution in [0, 0.1) is 10.1 Å². The van der Waals surface area contributed by atoms with Crippen LogP contribution >= 0.6 is 27.5 Å². The average Bonchev–Trinajstić information content (AvgIpc) is 2.48. The first-order valence-electron chi connectivity index (χ1n) is 6.30. The molecule has 0 saturated carbocycles. The highest BCUT2D eigenvalue weighted by atomic mass is 79.9. The first-order chi connectivity index (χ1) is 10.0. The van der Waals surface area contributed by atoms with E-state index in [9.17, 15) is 10.1 Å². The molecular weight excluding hydrogens is 356 g/mol. The molecule has 2 aromatic rings. The first kappa shape index (κ1) is 15.8. The van der Waals surface area contributed by atoms with Crippen molar-refractivity contribution in [2.45, 2.75) is 11.9 Å². The maximum atomic E-state index is 10.8. The summed E-state index contributed by atoms with van der Waals surface area (Å²) >= 11 is 9.26. The zero-order valence-electron chi connectivity index (χ0n) is 11.4. The van der Waals surface area contributed by atoms with E-state index in [4.69, 9.17) is 11.6 Å². The molecule has 0 saturated heterocycles. The molecule has 0 fully saturated rings. The van der Waals surface area contributed by atoms with E-state index < -0.39 is 0 Å². The lowest BCUT2D eigenvalue weighted by atomic mass is 10.1. The summed E-state index contributed by atoms with van der Waals surface area (Å²) in [6, 6.07) is 12.6. The minimum Gasteiger partial charge on any atom is -0.370 e. The van der Waals surface area contributed by atoms with Gasteiger partial charge in [0.05, 0.1) is 4.92 Å². The van der Waals surface area contributed by atoms with Gasteiger partial charge in [-0.3, -0.25) is 10.1 Å². The number of alkyl halides is 1. The highest BCUT2D eigenvalue weighted by Crippen LogP contribution is 2.27. The summed E-state index contributed by atoms with van der Waals surface area (Å²) in [7, 11) is 1.96. The average molecular weight is 370 g/mol. The number of anilines is 1. The van der Waals surface area contributed by atoms with Crippen molar-refractivity contribution in [2.24, 2.45) is 0 Å². The van der Waals surface area contributed by atoms with E-state index in [0.29, 0.717) is 16.9 Å². The standard InChI is InChI=1S/C15H14BrClN2O2/c1-18(10-11-2-4-13(17)5-3-11)15-7-6-14(19(20)21)8-12(15)9-16/h2-8H,9-10H2,1H3. The number of hydrogen-bond donors (Lipinski definition) is 0. The highest BCUT2D eigenvalue weighted by molar-refractivity contribution is 9.08. The van der Waals surface area contributed by atoms with Crippen molar-refractivity contribution >= 4 is 38.9 Å². The van der Waals surface area contributed by atoms with Gasteiger partial charge in [0.1, 0.15) is 0 Å². The third-order valence-electron chi connectivity index (χ3n) is 3.16. The quantitative estimate of drug-likeness (QED) is 0.433. The topological polar surface area (TPSA) is 46.4 Å². The van der Waals surface area contributed by atoms with Crippen LogP contribution in [0.15, 0.2) is 42.5 Å². The summed E-state index contributed by atoms with van der Waals surface area (Å²) in [5, 5.41) is 12.1. The van der Waals surface area contributed by atoms with E-state index >= 15 is 0 Å². The van der Waals surface area contributed by atoms with Gasteiger partial charge < -0.3 is 4.90 Å². The molecule has 0 bridgehead atoms. The number of benzene rings is 2. The molecule has 0 aromatic heterocycles. The molecule has 0 aliphatic carbocycles. The van der Waals surface area contributed by atoms with Gasteiger partial charge in [0, 0.05) is 41.8 Å². The summed E-state index contributed by atoms with van der Waals surface area (Å²) in [6.45, 7) is 0.703. The minimum absolute atomic E-state index is 0.105. The van der Waals surface area contributed by atoms with E-state index in [1.165, 1.54) is 6.07 Å². The van der Waals surface area contributed by atoms with Crippen molar-refractivity contribution in [2.75, 3.05) is 11.9 Å². The van der Waals surface area contributed by atoms with Gasteiger partial charge in [0.25, 0.3) is 5.69 Å². The van der Waals surface area contributed by atoms with Crippen LogP contribution < -0.4 is 4.90 Å². The smallest absolute Gasteiger partial charge is 0.269 e. The third-order valence-corrected chi connectivity index (χ3v) is 4.02. The fourth-order valence-electron chi connectivity index (χ4n) is 2.11. The van der Waals surface area contributed by atoms with Gasteiger partial charge in [0.15, 0.2) is 0 Å². The van der Waals surface area contributed by atoms with Crippen molar-refractivity contribution < 1.29 is 4.92 Å². The van der Waals surface area contributed by atoms with Crippen LogP contribution in [0.2, 0.25) is 5.02 Å². The van der Waals surface area contributed by atoms with Gasteiger partial charge in [-0.1, -0.05) is 39.7 Å². The lowest BCUT2D eigenvalue weighted by molar-refractivity contribution is -0.384. The van der Waals surface area contributed by atoms with Crippen molar-refractivity contribution in [3.8, 4) is 0 Å². The Morgan fingerprint density at radius 3 is 2.48 bits per heavy atom. The minimum atomic E-state index is -0.380. The van der Waals surface area contributed by atoms with E-state index in [1.54, 1.807) is 12.1 Å². The number of hydrogen-bond acceptors (Lipinski definition) is 3. The summed E-state index contributed by atoms with van der Waals surface area (Å²) in [5.74, 6) is 0. The fourth-order valence-corrected chi connectivity index (χ4v) is 2.69. The largest absolute Gasteiger partial charge is 0.370 e. The Labute approximate surface area is 136 Å². The Hall–Kier alpha value is -1.59. The monoisotopic (exact) mass is 368 g/mol. The molecular formula is C15H14BrClN2O2. The second-order valence-corrected chi connectivity index (χ2v) is 5.68. The molecule has 0 N–H and O–H groups in total. The predicted molar refractivity (Wildman–Crippen MR) is 89.3 cm³/mol. The lowest BCUT2D eigenvalue weighted by Gasteiger charge is -2.22. The second-order valence-electron chi connectivity index (χ2n) is 4.69. The number of nitro benzene ring substituents is 1. The molecule has 0 amide bonds. The molecule has 0 aliphatic rings. The highest BCUT2D eigenvalue weighted by Gasteiger charge is 2.13. The molecule has 0 heterocycles. The molecule has 0 radical (unpaired) electrons. The van der Waals surface area contributed by atoms with Gasteiger partial charge in [-0.25, -0.2) is 0 Å². The number of non-ortho nitro benzene ring substituents is 1. The summed E-state index contributed by atoms with van der Waals surface area (Å²) in [4.78, 5) is 12.5. The molecule has 4 nitrogen and oxygen atoms in total. The van der Waals surface area contributed by atoms with Crippen LogP contribution in [0.4, 0.5) is 11.4 Å². The van der Waals surface area contributed by atoms with Crippen molar-refractivity contribution in [1.82, 2.24) is 0 Å². The SMILES string of the molecule is CN(Cc1ccc(Cl)cc1)c1ccc([N+](=O)[O-])cc1CBr. The zero-order chi connectivity index (χ0) is 15.4. The molecule has 2 rings (SSSR count). The Morgan fingerprint density at radius 1 is 1.24 bits per heavy atom. The summed E-state index contributed by atoms with van der Waals surface area (Å²) < 4.78 is 0. The Balaban J connectivity index is 2.23. The normalized spacial score (nSPS) is 10.4. The van der Waals surface area contributed by atoms with Crippen molar-refractivity contribution in [3.05, 3.63) is 68.7 Å². The number of halogens is 2. The van der Waals surface area contributed by atoms with Crippen LogP contribution in [0.1, 0.15) is 11.1 Å². The molecule has 6 heteroatoms. The Kier molecular flexibility index (Phi) is 5.20. The fraction of sp³-hybridized carbons (Fsp3) is 0.200. The summed E-state index contributed by atoms with van der Waals surface area (Å²) in [6.07, 6.45) is 0. The Morgan fingerprint density at radius 2 is 1.90 bits per heavy atom. The van der Waals surface area contributed by atoms with Crippen LogP contribution in [0.5, 0.6) is 0 Å². The van der Waals surface area contributed by atoms with Crippen LogP contribution in [-0.2, 0) is 11.9 Å². The van der Waals surface area contributed by atoms with E-state index in [-0.39, 0.29) is 10.6 Å². The van der Waals surface area contributed by atoms with Crippen LogP contribution in [0.25, 0.3) is 0 Å². The predicted octanol–water partition coefficient (Wildman–Crippen LogP) is 4.78. The maximum Gasteiger partial charge on any atom is 0.269 e. The molecule has 0 unspecified atom stereocenters. The molecule has 110 valence electrons. The summed E-state index contributed by atoms with van der Waals surface area (Å²) in [5.41, 5.74) is 3.09. The number of nitro groups is 1. The maximum absolute atomic E-state index is 10.8. The van der Waals surface area contributed by atoms with Gasteiger partial charge in [-0.2, -0.15) is 0 Å². The van der Waals surface area contributed by atoms with Crippen LogP contribution in [-0.4, -0.2) is 12.0 Å². The van der Waals surface area contributed by atoms with E-state index in [1.807, 2.05) is 31.3 Å². The van der Waals surface area contributed by atoms with Gasteiger partial charge >= 0.3 is 0 Å². The molecule has 0 aliphatic heterocycles. The van der Waals surface area contributed by atoms with E-state index in [0.717, 1.165) is 16.8 Å². The first-order valence-corrected chi connectivity index (χ1v) is 7.80. The second kappa shape index (κ2) is 6.91. The lowest BCUT2D eigenvalue weighted by Crippen LogP contribution is -2.17. The third kappa shape index (κ3) is 3.95. The van der Waals surface area contributed by atoms with Gasteiger partial charge in [0.2, 0.25) is 0 Å². The molecule has 0 atom stereocenters. The van der Waals surface area contributed by atoms with Gasteiger partial charge in [-0.15, -0.1) is 0 Å². The van der Waals surface area contributed by atoms with E-state index in [2.05, 4.69) is 20.8 Å². The van der Waals surface area contributed by atoms with Crippen molar-refractivity contribution in [3.63, 3.8) is 0 Å².